The molecule has 0 amide bonds. The molecule has 20 heavy (non-hydrogen) atoms. The lowest BCUT2D eigenvalue weighted by atomic mass is 10.0. The molecule has 2 aromatic rings. The van der Waals surface area contributed by atoms with E-state index in [1.807, 2.05) is 24.3 Å². The van der Waals surface area contributed by atoms with Crippen LogP contribution in [-0.2, 0) is 6.18 Å². The summed E-state index contributed by atoms with van der Waals surface area (Å²) < 4.78 is 37.4. The zero-order valence-corrected chi connectivity index (χ0v) is 11.2. The Balaban J connectivity index is 2.23. The van der Waals surface area contributed by atoms with Crippen molar-refractivity contribution in [3.8, 4) is 0 Å². The van der Waals surface area contributed by atoms with Crippen LogP contribution in [0.5, 0.6) is 0 Å². The zero-order valence-electron chi connectivity index (χ0n) is 11.2. The maximum atomic E-state index is 12.5. The van der Waals surface area contributed by atoms with Gasteiger partial charge >= 0.3 is 6.18 Å². The Kier molecular flexibility index (Phi) is 3.97. The maximum Gasteiger partial charge on any atom is 0.417 e. The smallest absolute Gasteiger partial charge is 0.340 e. The second-order valence-corrected chi connectivity index (χ2v) is 4.80. The quantitative estimate of drug-likeness (QED) is 0.858. The molecular formula is C15H15F3N2. The van der Waals surface area contributed by atoms with Crippen LogP contribution < -0.4 is 5.32 Å². The van der Waals surface area contributed by atoms with Crippen molar-refractivity contribution in [1.82, 2.24) is 4.98 Å². The summed E-state index contributed by atoms with van der Waals surface area (Å²) in [5, 5.41) is 3.05. The van der Waals surface area contributed by atoms with Gasteiger partial charge in [-0.1, -0.05) is 32.0 Å². The van der Waals surface area contributed by atoms with Crippen molar-refractivity contribution >= 4 is 11.5 Å². The minimum atomic E-state index is -4.36. The van der Waals surface area contributed by atoms with Crippen LogP contribution in [-0.4, -0.2) is 4.98 Å². The lowest BCUT2D eigenvalue weighted by Gasteiger charge is -2.14. The first-order valence-corrected chi connectivity index (χ1v) is 6.27. The fourth-order valence-electron chi connectivity index (χ4n) is 1.89. The van der Waals surface area contributed by atoms with Crippen LogP contribution in [0.2, 0.25) is 0 Å². The monoisotopic (exact) mass is 280 g/mol. The van der Waals surface area contributed by atoms with Gasteiger partial charge in [-0.15, -0.1) is 0 Å². The van der Waals surface area contributed by atoms with Crippen LogP contribution in [0, 0.1) is 0 Å². The molecule has 1 heterocycles. The topological polar surface area (TPSA) is 24.9 Å². The standard InChI is InChI=1S/C15H15F3N2/c1-10(2)12-5-3-4-6-13(12)20-14-8-7-11(9-19-14)15(16,17)18/h3-10H,1-2H3,(H,19,20). The second kappa shape index (κ2) is 5.53. The van der Waals surface area contributed by atoms with Gasteiger partial charge in [-0.2, -0.15) is 13.2 Å². The largest absolute Gasteiger partial charge is 0.417 e. The molecule has 1 N–H and O–H groups in total. The third-order valence-electron chi connectivity index (χ3n) is 2.94. The van der Waals surface area contributed by atoms with E-state index in [1.165, 1.54) is 6.07 Å². The van der Waals surface area contributed by atoms with Gasteiger partial charge in [-0.25, -0.2) is 4.98 Å². The molecule has 106 valence electrons. The Labute approximate surface area is 115 Å². The Morgan fingerprint density at radius 3 is 2.30 bits per heavy atom. The van der Waals surface area contributed by atoms with E-state index in [0.717, 1.165) is 23.5 Å². The first kappa shape index (κ1) is 14.4. The fraction of sp³-hybridized carbons (Fsp3) is 0.267. The molecule has 0 aliphatic carbocycles. The van der Waals surface area contributed by atoms with Crippen molar-refractivity contribution in [3.63, 3.8) is 0 Å². The molecule has 1 aromatic heterocycles. The van der Waals surface area contributed by atoms with Gasteiger partial charge in [0, 0.05) is 11.9 Å². The number of alkyl halides is 3. The number of anilines is 2. The second-order valence-electron chi connectivity index (χ2n) is 4.80. The highest BCUT2D eigenvalue weighted by molar-refractivity contribution is 5.61. The highest BCUT2D eigenvalue weighted by Crippen LogP contribution is 2.30. The van der Waals surface area contributed by atoms with Crippen molar-refractivity contribution in [1.29, 1.82) is 0 Å². The molecule has 0 unspecified atom stereocenters. The molecular weight excluding hydrogens is 265 g/mol. The summed E-state index contributed by atoms with van der Waals surface area (Å²) in [6.07, 6.45) is -3.53. The van der Waals surface area contributed by atoms with Crippen molar-refractivity contribution in [3.05, 3.63) is 53.7 Å². The number of halogens is 3. The molecule has 0 bridgehead atoms. The summed E-state index contributed by atoms with van der Waals surface area (Å²) in [6.45, 7) is 4.11. The summed E-state index contributed by atoms with van der Waals surface area (Å²) in [6, 6.07) is 10.0. The number of nitrogens with zero attached hydrogens (tertiary/aromatic N) is 1. The number of nitrogens with one attached hydrogen (secondary N) is 1. The third kappa shape index (κ3) is 3.29. The van der Waals surface area contributed by atoms with Gasteiger partial charge in [0.2, 0.25) is 0 Å². The van der Waals surface area contributed by atoms with Crippen LogP contribution in [0.4, 0.5) is 24.7 Å². The molecule has 0 saturated carbocycles. The molecule has 5 heteroatoms. The molecule has 0 saturated heterocycles. The molecule has 1 aromatic carbocycles. The molecule has 0 aliphatic heterocycles. The number of hydrogen-bond acceptors (Lipinski definition) is 2. The summed E-state index contributed by atoms with van der Waals surface area (Å²) in [7, 11) is 0. The van der Waals surface area contributed by atoms with Gasteiger partial charge in [0.25, 0.3) is 0 Å². The molecule has 0 fully saturated rings. The van der Waals surface area contributed by atoms with Crippen molar-refractivity contribution in [2.24, 2.45) is 0 Å². The van der Waals surface area contributed by atoms with Gasteiger partial charge in [-0.05, 0) is 29.7 Å². The molecule has 2 rings (SSSR count). The average Bonchev–Trinajstić information content (AvgIpc) is 2.38. The molecule has 2 nitrogen and oxygen atoms in total. The Morgan fingerprint density at radius 1 is 1.05 bits per heavy atom. The van der Waals surface area contributed by atoms with E-state index in [0.29, 0.717) is 11.7 Å². The van der Waals surface area contributed by atoms with Gasteiger partial charge in [0.05, 0.1) is 5.56 Å². The van der Waals surface area contributed by atoms with Crippen LogP contribution >= 0.6 is 0 Å². The Bertz CT molecular complexity index is 574. The minimum absolute atomic E-state index is 0.313. The normalized spacial score (nSPS) is 11.7. The summed E-state index contributed by atoms with van der Waals surface area (Å²) in [5.74, 6) is 0.708. The Hall–Kier alpha value is -2.04. The van der Waals surface area contributed by atoms with E-state index in [1.54, 1.807) is 0 Å². The van der Waals surface area contributed by atoms with E-state index in [2.05, 4.69) is 24.1 Å². The van der Waals surface area contributed by atoms with E-state index < -0.39 is 11.7 Å². The van der Waals surface area contributed by atoms with E-state index >= 15 is 0 Å². The first-order valence-electron chi connectivity index (χ1n) is 6.27. The van der Waals surface area contributed by atoms with Crippen LogP contribution in [0.25, 0.3) is 0 Å². The number of hydrogen-bond donors (Lipinski definition) is 1. The number of aromatic nitrogens is 1. The minimum Gasteiger partial charge on any atom is -0.340 e. The number of pyridine rings is 1. The predicted molar refractivity (Wildman–Crippen MR) is 73.1 cm³/mol. The van der Waals surface area contributed by atoms with Crippen molar-refractivity contribution in [2.75, 3.05) is 5.32 Å². The predicted octanol–water partition coefficient (Wildman–Crippen LogP) is 4.97. The van der Waals surface area contributed by atoms with Gasteiger partial charge in [0.1, 0.15) is 5.82 Å². The van der Waals surface area contributed by atoms with Crippen LogP contribution in [0.1, 0.15) is 30.9 Å². The number of para-hydroxylation sites is 1. The Morgan fingerprint density at radius 2 is 1.75 bits per heavy atom. The maximum absolute atomic E-state index is 12.5. The van der Waals surface area contributed by atoms with Gasteiger partial charge in [-0.3, -0.25) is 0 Å². The highest BCUT2D eigenvalue weighted by atomic mass is 19.4. The summed E-state index contributed by atoms with van der Waals surface area (Å²) in [5.41, 5.74) is 1.20. The van der Waals surface area contributed by atoms with Crippen molar-refractivity contribution < 1.29 is 13.2 Å². The summed E-state index contributed by atoms with van der Waals surface area (Å²) in [4.78, 5) is 3.81. The van der Waals surface area contributed by atoms with Crippen molar-refractivity contribution in [2.45, 2.75) is 25.9 Å². The zero-order chi connectivity index (χ0) is 14.8. The lowest BCUT2D eigenvalue weighted by molar-refractivity contribution is -0.137. The third-order valence-corrected chi connectivity index (χ3v) is 2.94. The van der Waals surface area contributed by atoms with E-state index in [4.69, 9.17) is 0 Å². The average molecular weight is 280 g/mol. The highest BCUT2D eigenvalue weighted by Gasteiger charge is 2.30. The molecule has 0 spiro atoms. The van der Waals surface area contributed by atoms with Crippen LogP contribution in [0.3, 0.4) is 0 Å². The van der Waals surface area contributed by atoms with Crippen LogP contribution in [0.15, 0.2) is 42.6 Å². The molecule has 0 atom stereocenters. The number of rotatable bonds is 3. The first-order chi connectivity index (χ1) is 9.38. The van der Waals surface area contributed by atoms with Gasteiger partial charge in [0.15, 0.2) is 0 Å². The number of benzene rings is 1. The fourth-order valence-corrected chi connectivity index (χ4v) is 1.89. The molecule has 0 aliphatic rings. The summed E-state index contributed by atoms with van der Waals surface area (Å²) >= 11 is 0. The van der Waals surface area contributed by atoms with E-state index in [9.17, 15) is 13.2 Å². The SMILES string of the molecule is CC(C)c1ccccc1Nc1ccc(C(F)(F)F)cn1. The molecule has 0 radical (unpaired) electrons. The van der Waals surface area contributed by atoms with E-state index in [-0.39, 0.29) is 0 Å². The lowest BCUT2D eigenvalue weighted by Crippen LogP contribution is -2.06. The van der Waals surface area contributed by atoms with Gasteiger partial charge < -0.3 is 5.32 Å².